The van der Waals surface area contributed by atoms with Crippen LogP contribution in [0.3, 0.4) is 0 Å². The molecule has 0 amide bonds. The van der Waals surface area contributed by atoms with Gasteiger partial charge in [0, 0.05) is 29.0 Å². The molecule has 1 aromatic carbocycles. The highest BCUT2D eigenvalue weighted by atomic mass is 79.9. The fraction of sp³-hybridized carbons (Fsp3) is 0.455. The Morgan fingerprint density at radius 1 is 1.14 bits per heavy atom. The molecule has 7 heteroatoms. The molecule has 0 bridgehead atoms. The molecule has 1 atom stereocenters. The zero-order valence-electron chi connectivity index (χ0n) is 17.6. The zero-order chi connectivity index (χ0) is 21.5. The van der Waals surface area contributed by atoms with Crippen LogP contribution in [0, 0.1) is 5.41 Å². The number of halogens is 1. The predicted molar refractivity (Wildman–Crippen MR) is 113 cm³/mol. The Hall–Kier alpha value is -2.28. The van der Waals surface area contributed by atoms with E-state index in [4.69, 9.17) is 14.2 Å². The van der Waals surface area contributed by atoms with Gasteiger partial charge in [0.25, 0.3) is 0 Å². The van der Waals surface area contributed by atoms with E-state index in [9.17, 15) is 9.59 Å². The molecule has 3 rings (SSSR count). The summed E-state index contributed by atoms with van der Waals surface area (Å²) >= 11 is 3.61. The second-order valence-electron chi connectivity index (χ2n) is 8.12. The van der Waals surface area contributed by atoms with Crippen molar-refractivity contribution in [1.82, 2.24) is 5.32 Å². The van der Waals surface area contributed by atoms with Gasteiger partial charge in [0.15, 0.2) is 5.78 Å². The van der Waals surface area contributed by atoms with Gasteiger partial charge in [-0.1, -0.05) is 13.8 Å². The second-order valence-corrected chi connectivity index (χ2v) is 8.91. The summed E-state index contributed by atoms with van der Waals surface area (Å²) in [6.07, 6.45) is 1.11. The first-order valence-corrected chi connectivity index (χ1v) is 10.2. The van der Waals surface area contributed by atoms with Gasteiger partial charge in [0.2, 0.25) is 0 Å². The average Bonchev–Trinajstić information content (AvgIpc) is 2.65. The van der Waals surface area contributed by atoms with Crippen LogP contribution in [-0.2, 0) is 14.3 Å². The van der Waals surface area contributed by atoms with Crippen LogP contribution in [0.15, 0.2) is 39.1 Å². The van der Waals surface area contributed by atoms with Crippen molar-refractivity contribution in [1.29, 1.82) is 0 Å². The standard InChI is InChI=1S/C22H26BrNO5/c1-11-16(21(26)29-6)19(17-12(24-11)9-22(2,3)10-13(17)25)18-14(27-4)7-8-15(28-5)20(18)23/h7-8,19,24H,9-10H2,1-6H3. The van der Waals surface area contributed by atoms with E-state index in [1.807, 2.05) is 6.92 Å². The average molecular weight is 464 g/mol. The van der Waals surface area contributed by atoms with E-state index < -0.39 is 11.9 Å². The number of methoxy groups -OCH3 is 3. The summed E-state index contributed by atoms with van der Waals surface area (Å²) in [7, 11) is 4.47. The number of ether oxygens (including phenoxy) is 3. The van der Waals surface area contributed by atoms with Crippen LogP contribution in [-0.4, -0.2) is 33.1 Å². The van der Waals surface area contributed by atoms with Crippen molar-refractivity contribution in [3.63, 3.8) is 0 Å². The van der Waals surface area contributed by atoms with Gasteiger partial charge in [-0.15, -0.1) is 0 Å². The molecule has 1 heterocycles. The summed E-state index contributed by atoms with van der Waals surface area (Å²) in [6.45, 7) is 5.97. The van der Waals surface area contributed by atoms with Crippen molar-refractivity contribution in [3.05, 3.63) is 44.7 Å². The molecule has 1 unspecified atom stereocenters. The molecular weight excluding hydrogens is 438 g/mol. The lowest BCUT2D eigenvalue weighted by Gasteiger charge is -2.39. The van der Waals surface area contributed by atoms with Crippen molar-refractivity contribution in [2.75, 3.05) is 21.3 Å². The molecular formula is C22H26BrNO5. The lowest BCUT2D eigenvalue weighted by molar-refractivity contribution is -0.136. The molecule has 156 valence electrons. The monoisotopic (exact) mass is 463 g/mol. The topological polar surface area (TPSA) is 73.9 Å². The van der Waals surface area contributed by atoms with E-state index in [2.05, 4.69) is 35.1 Å². The number of carbonyl (C=O) groups excluding carboxylic acids is 2. The normalized spacial score (nSPS) is 20.8. The highest BCUT2D eigenvalue weighted by molar-refractivity contribution is 9.10. The van der Waals surface area contributed by atoms with Crippen LogP contribution in [0.1, 0.15) is 45.1 Å². The molecule has 6 nitrogen and oxygen atoms in total. The number of ketones is 1. The molecule has 0 aromatic heterocycles. The molecule has 1 aromatic rings. The SMILES string of the molecule is COC(=O)C1=C(C)NC2=C(C(=O)CC(C)(C)C2)C1c1c(OC)ccc(OC)c1Br. The number of allylic oxidation sites excluding steroid dienone is 3. The maximum atomic E-state index is 13.3. The number of Topliss-reactive ketones (excluding diaryl/α,β-unsaturated/α-hetero) is 1. The van der Waals surface area contributed by atoms with Gasteiger partial charge in [-0.3, -0.25) is 4.79 Å². The first-order chi connectivity index (χ1) is 13.6. The van der Waals surface area contributed by atoms with Crippen molar-refractivity contribution >= 4 is 27.7 Å². The minimum absolute atomic E-state index is 0.0134. The molecule has 0 fully saturated rings. The molecule has 2 aliphatic rings. The largest absolute Gasteiger partial charge is 0.496 e. The number of benzene rings is 1. The third-order valence-electron chi connectivity index (χ3n) is 5.48. The smallest absolute Gasteiger partial charge is 0.336 e. The third-order valence-corrected chi connectivity index (χ3v) is 6.30. The Labute approximate surface area is 179 Å². The highest BCUT2D eigenvalue weighted by Crippen LogP contribution is 2.51. The lowest BCUT2D eigenvalue weighted by atomic mass is 9.68. The molecule has 1 aliphatic carbocycles. The molecule has 1 N–H and O–H groups in total. The fourth-order valence-corrected chi connectivity index (χ4v) is 4.98. The van der Waals surface area contributed by atoms with Crippen LogP contribution in [0.5, 0.6) is 11.5 Å². The van der Waals surface area contributed by atoms with Crippen molar-refractivity contribution in [3.8, 4) is 11.5 Å². The number of dihydropyridines is 1. The van der Waals surface area contributed by atoms with E-state index >= 15 is 0 Å². The van der Waals surface area contributed by atoms with Crippen molar-refractivity contribution < 1.29 is 23.8 Å². The number of esters is 1. The Balaban J connectivity index is 2.35. The minimum Gasteiger partial charge on any atom is -0.496 e. The van der Waals surface area contributed by atoms with Gasteiger partial charge in [-0.25, -0.2) is 4.79 Å². The van der Waals surface area contributed by atoms with Gasteiger partial charge in [-0.2, -0.15) is 0 Å². The number of nitrogens with one attached hydrogen (secondary N) is 1. The van der Waals surface area contributed by atoms with Crippen molar-refractivity contribution in [2.24, 2.45) is 5.41 Å². The fourth-order valence-electron chi connectivity index (χ4n) is 4.27. The Kier molecular flexibility index (Phi) is 5.81. The molecule has 1 aliphatic heterocycles. The highest BCUT2D eigenvalue weighted by Gasteiger charge is 2.44. The maximum Gasteiger partial charge on any atom is 0.336 e. The molecule has 0 spiro atoms. The van der Waals surface area contributed by atoms with E-state index in [-0.39, 0.29) is 11.2 Å². The van der Waals surface area contributed by atoms with Crippen LogP contribution >= 0.6 is 15.9 Å². The second kappa shape index (κ2) is 7.86. The Bertz CT molecular complexity index is 945. The van der Waals surface area contributed by atoms with Gasteiger partial charge >= 0.3 is 5.97 Å². The van der Waals surface area contributed by atoms with Crippen LogP contribution in [0.25, 0.3) is 0 Å². The lowest BCUT2D eigenvalue weighted by Crippen LogP contribution is -2.38. The molecule has 0 saturated carbocycles. The summed E-state index contributed by atoms with van der Waals surface area (Å²) in [6, 6.07) is 3.56. The summed E-state index contributed by atoms with van der Waals surface area (Å²) in [5.41, 5.74) is 3.01. The van der Waals surface area contributed by atoms with Gasteiger partial charge < -0.3 is 19.5 Å². The first-order valence-electron chi connectivity index (χ1n) is 9.38. The molecule has 0 radical (unpaired) electrons. The summed E-state index contributed by atoms with van der Waals surface area (Å²) < 4.78 is 16.8. The van der Waals surface area contributed by atoms with Crippen LogP contribution < -0.4 is 14.8 Å². The maximum absolute atomic E-state index is 13.3. The third kappa shape index (κ3) is 3.68. The van der Waals surface area contributed by atoms with E-state index in [1.165, 1.54) is 7.11 Å². The number of rotatable bonds is 4. The quantitative estimate of drug-likeness (QED) is 0.672. The predicted octanol–water partition coefficient (Wildman–Crippen LogP) is 4.24. The first kappa shape index (κ1) is 21.4. The minimum atomic E-state index is -0.623. The van der Waals surface area contributed by atoms with Crippen molar-refractivity contribution in [2.45, 2.75) is 39.5 Å². The number of hydrogen-bond acceptors (Lipinski definition) is 6. The Morgan fingerprint density at radius 3 is 2.34 bits per heavy atom. The van der Waals surface area contributed by atoms with Crippen LogP contribution in [0.4, 0.5) is 0 Å². The summed E-state index contributed by atoms with van der Waals surface area (Å²) in [5, 5.41) is 3.31. The molecule has 0 saturated heterocycles. The number of hydrogen-bond donors (Lipinski definition) is 1. The number of carbonyl (C=O) groups is 2. The molecule has 29 heavy (non-hydrogen) atoms. The van der Waals surface area contributed by atoms with Crippen LogP contribution in [0.2, 0.25) is 0 Å². The zero-order valence-corrected chi connectivity index (χ0v) is 19.2. The Morgan fingerprint density at radius 2 is 1.76 bits per heavy atom. The van der Waals surface area contributed by atoms with Gasteiger partial charge in [0.05, 0.1) is 37.3 Å². The van der Waals surface area contributed by atoms with E-state index in [0.29, 0.717) is 51.2 Å². The van der Waals surface area contributed by atoms with Gasteiger partial charge in [0.1, 0.15) is 11.5 Å². The van der Waals surface area contributed by atoms with E-state index in [0.717, 1.165) is 5.70 Å². The summed E-state index contributed by atoms with van der Waals surface area (Å²) in [4.78, 5) is 26.1. The van der Waals surface area contributed by atoms with E-state index in [1.54, 1.807) is 26.4 Å². The summed E-state index contributed by atoms with van der Waals surface area (Å²) in [5.74, 6) is 0.0531. The van der Waals surface area contributed by atoms with Gasteiger partial charge in [-0.05, 0) is 46.8 Å².